The number of esters is 2. The van der Waals surface area contributed by atoms with E-state index >= 15 is 0 Å². The van der Waals surface area contributed by atoms with Crippen molar-refractivity contribution < 1.29 is 23.9 Å². The van der Waals surface area contributed by atoms with Crippen LogP contribution in [0.25, 0.3) is 10.9 Å². The van der Waals surface area contributed by atoms with Crippen LogP contribution in [-0.2, 0) is 25.5 Å². The van der Waals surface area contributed by atoms with Gasteiger partial charge in [-0.3, -0.25) is 4.79 Å². The van der Waals surface area contributed by atoms with E-state index in [9.17, 15) is 14.4 Å². The number of ether oxygens (including phenoxy) is 2. The molecule has 0 saturated carbocycles. The fourth-order valence-corrected chi connectivity index (χ4v) is 3.62. The van der Waals surface area contributed by atoms with E-state index in [1.807, 2.05) is 24.3 Å². The van der Waals surface area contributed by atoms with Crippen LogP contribution in [0, 0.1) is 0 Å². The molecule has 0 bridgehead atoms. The molecule has 2 aromatic carbocycles. The van der Waals surface area contributed by atoms with Gasteiger partial charge in [0.1, 0.15) is 6.04 Å². The molecule has 3 aromatic rings. The summed E-state index contributed by atoms with van der Waals surface area (Å²) in [7, 11) is 0. The topological polar surface area (TPSA) is 97.5 Å². The van der Waals surface area contributed by atoms with Crippen molar-refractivity contribution in [2.45, 2.75) is 25.0 Å². The largest absolute Gasteiger partial charge is 0.463 e. The van der Waals surface area contributed by atoms with E-state index in [1.165, 1.54) is 0 Å². The first-order chi connectivity index (χ1) is 14.5. The van der Waals surface area contributed by atoms with Crippen LogP contribution >= 0.6 is 11.6 Å². The molecule has 2 atom stereocenters. The summed E-state index contributed by atoms with van der Waals surface area (Å²) in [6.07, 6.45) is 1.31. The van der Waals surface area contributed by atoms with Gasteiger partial charge in [0, 0.05) is 29.9 Å². The smallest absolute Gasteiger partial charge is 0.347 e. The van der Waals surface area contributed by atoms with Crippen molar-refractivity contribution in [1.29, 1.82) is 0 Å². The predicted octanol–water partition coefficient (Wildman–Crippen LogP) is 3.02. The molecular formula is C22H19ClN2O5. The molecule has 2 unspecified atom stereocenters. The molecule has 154 valence electrons. The Kier molecular flexibility index (Phi) is 5.72. The van der Waals surface area contributed by atoms with E-state index in [4.69, 9.17) is 21.1 Å². The number of cyclic esters (lactones) is 1. The van der Waals surface area contributed by atoms with Crippen LogP contribution in [0.1, 0.15) is 22.3 Å². The summed E-state index contributed by atoms with van der Waals surface area (Å²) in [5, 5.41) is 3.91. The molecule has 1 aromatic heterocycles. The highest BCUT2D eigenvalue weighted by Gasteiger charge is 2.34. The van der Waals surface area contributed by atoms with Crippen LogP contribution in [0.5, 0.6) is 0 Å². The van der Waals surface area contributed by atoms with Gasteiger partial charge in [0.05, 0.1) is 17.2 Å². The van der Waals surface area contributed by atoms with E-state index in [-0.39, 0.29) is 23.6 Å². The first-order valence-electron chi connectivity index (χ1n) is 9.50. The maximum Gasteiger partial charge on any atom is 0.347 e. The lowest BCUT2D eigenvalue weighted by Crippen LogP contribution is -2.45. The fraction of sp³-hybridized carbons (Fsp3) is 0.227. The minimum Gasteiger partial charge on any atom is -0.463 e. The summed E-state index contributed by atoms with van der Waals surface area (Å²) in [4.78, 5) is 40.5. The van der Waals surface area contributed by atoms with Gasteiger partial charge < -0.3 is 19.8 Å². The highest BCUT2D eigenvalue weighted by atomic mass is 35.5. The Morgan fingerprint density at radius 2 is 1.97 bits per heavy atom. The summed E-state index contributed by atoms with van der Waals surface area (Å²) < 4.78 is 10.2. The van der Waals surface area contributed by atoms with Crippen LogP contribution in [0.4, 0.5) is 0 Å². The van der Waals surface area contributed by atoms with Gasteiger partial charge in [-0.25, -0.2) is 9.59 Å². The van der Waals surface area contributed by atoms with Crippen molar-refractivity contribution in [2.24, 2.45) is 0 Å². The van der Waals surface area contributed by atoms with E-state index < -0.39 is 30.0 Å². The highest BCUT2D eigenvalue weighted by Crippen LogP contribution is 2.21. The fourth-order valence-electron chi connectivity index (χ4n) is 3.40. The standard InChI is InChI=1S/C22H19ClN2O5/c23-16-7-3-1-6-15(16)20(26)25-18(21(27)30-19-9-10-29-22(19)28)11-13-12-24-17-8-4-2-5-14(13)17/h1-8,12,18-19,24H,9-11H2,(H,25,26). The van der Waals surface area contributed by atoms with Gasteiger partial charge in [0.2, 0.25) is 6.10 Å². The first-order valence-corrected chi connectivity index (χ1v) is 9.88. The Morgan fingerprint density at radius 1 is 1.20 bits per heavy atom. The summed E-state index contributed by atoms with van der Waals surface area (Å²) in [6, 6.07) is 13.2. The number of aromatic nitrogens is 1. The second kappa shape index (κ2) is 8.59. The lowest BCUT2D eigenvalue weighted by Gasteiger charge is -2.19. The molecule has 1 saturated heterocycles. The van der Waals surface area contributed by atoms with Crippen LogP contribution in [0.15, 0.2) is 54.7 Å². The van der Waals surface area contributed by atoms with Gasteiger partial charge >= 0.3 is 11.9 Å². The molecule has 2 heterocycles. The number of rotatable bonds is 6. The molecule has 1 aliphatic rings. The molecule has 4 rings (SSSR count). The lowest BCUT2D eigenvalue weighted by atomic mass is 10.0. The molecule has 1 amide bonds. The Balaban J connectivity index is 1.58. The molecule has 0 spiro atoms. The molecule has 0 aliphatic carbocycles. The number of hydrogen-bond donors (Lipinski definition) is 2. The van der Waals surface area contributed by atoms with E-state index in [0.717, 1.165) is 16.5 Å². The van der Waals surface area contributed by atoms with Gasteiger partial charge in [-0.1, -0.05) is 41.9 Å². The highest BCUT2D eigenvalue weighted by molar-refractivity contribution is 6.33. The van der Waals surface area contributed by atoms with Crippen molar-refractivity contribution in [3.05, 3.63) is 70.9 Å². The minimum absolute atomic E-state index is 0.181. The molecule has 0 radical (unpaired) electrons. The monoisotopic (exact) mass is 426 g/mol. The van der Waals surface area contributed by atoms with E-state index in [2.05, 4.69) is 10.3 Å². The van der Waals surface area contributed by atoms with Crippen molar-refractivity contribution >= 4 is 40.3 Å². The number of para-hydroxylation sites is 1. The average molecular weight is 427 g/mol. The van der Waals surface area contributed by atoms with Crippen LogP contribution < -0.4 is 5.32 Å². The molecule has 1 fully saturated rings. The summed E-state index contributed by atoms with van der Waals surface area (Å²) in [5.41, 5.74) is 1.99. The Bertz CT molecular complexity index is 1110. The van der Waals surface area contributed by atoms with Crippen molar-refractivity contribution in [2.75, 3.05) is 6.61 Å². The molecule has 8 heteroatoms. The third kappa shape index (κ3) is 4.16. The lowest BCUT2D eigenvalue weighted by molar-refractivity contribution is -0.161. The number of nitrogens with one attached hydrogen (secondary N) is 2. The Morgan fingerprint density at radius 3 is 2.73 bits per heavy atom. The number of aromatic amines is 1. The molecule has 2 N–H and O–H groups in total. The maximum absolute atomic E-state index is 12.9. The maximum atomic E-state index is 12.9. The molecular weight excluding hydrogens is 408 g/mol. The molecule has 1 aliphatic heterocycles. The second-order valence-corrected chi connectivity index (χ2v) is 7.36. The molecule has 30 heavy (non-hydrogen) atoms. The Hall–Kier alpha value is -3.32. The zero-order valence-electron chi connectivity index (χ0n) is 15.9. The summed E-state index contributed by atoms with van der Waals surface area (Å²) in [5.74, 6) is -1.78. The van der Waals surface area contributed by atoms with Gasteiger partial charge in [0.15, 0.2) is 0 Å². The number of halogens is 1. The van der Waals surface area contributed by atoms with E-state index in [1.54, 1.807) is 30.5 Å². The second-order valence-electron chi connectivity index (χ2n) is 6.95. The number of benzene rings is 2. The van der Waals surface area contributed by atoms with E-state index in [0.29, 0.717) is 6.42 Å². The number of hydrogen-bond acceptors (Lipinski definition) is 5. The summed E-state index contributed by atoms with van der Waals surface area (Å²) in [6.45, 7) is 0.204. The SMILES string of the molecule is O=C(NC(Cc1c[nH]c2ccccc12)C(=O)OC1CCOC1=O)c1ccccc1Cl. The zero-order chi connectivity index (χ0) is 21.1. The number of fused-ring (bicyclic) bond motifs is 1. The molecule has 7 nitrogen and oxygen atoms in total. The number of H-pyrrole nitrogens is 1. The van der Waals surface area contributed by atoms with Crippen LogP contribution in [0.2, 0.25) is 5.02 Å². The third-order valence-corrected chi connectivity index (χ3v) is 5.28. The number of carbonyl (C=O) groups excluding carboxylic acids is 3. The van der Waals surface area contributed by atoms with Gasteiger partial charge in [-0.2, -0.15) is 0 Å². The number of amides is 1. The predicted molar refractivity (Wildman–Crippen MR) is 110 cm³/mol. The van der Waals surface area contributed by atoms with Crippen LogP contribution in [0.3, 0.4) is 0 Å². The van der Waals surface area contributed by atoms with Crippen molar-refractivity contribution in [3.63, 3.8) is 0 Å². The average Bonchev–Trinajstić information content (AvgIpc) is 3.34. The van der Waals surface area contributed by atoms with Crippen LogP contribution in [-0.4, -0.2) is 41.6 Å². The Labute approximate surface area is 177 Å². The quantitative estimate of drug-likeness (QED) is 0.590. The first kappa shape index (κ1) is 20.0. The third-order valence-electron chi connectivity index (χ3n) is 4.95. The van der Waals surface area contributed by atoms with Crippen molar-refractivity contribution in [3.8, 4) is 0 Å². The number of carbonyl (C=O) groups is 3. The van der Waals surface area contributed by atoms with Gasteiger partial charge in [-0.05, 0) is 23.8 Å². The summed E-state index contributed by atoms with van der Waals surface area (Å²) >= 11 is 6.12. The zero-order valence-corrected chi connectivity index (χ0v) is 16.6. The normalized spacial score (nSPS) is 16.8. The van der Waals surface area contributed by atoms with Gasteiger partial charge in [0.25, 0.3) is 5.91 Å². The van der Waals surface area contributed by atoms with Crippen molar-refractivity contribution in [1.82, 2.24) is 10.3 Å². The minimum atomic E-state index is -1.01. The van der Waals surface area contributed by atoms with Gasteiger partial charge in [-0.15, -0.1) is 0 Å².